The van der Waals surface area contributed by atoms with Crippen molar-refractivity contribution in [2.24, 2.45) is 5.73 Å². The second kappa shape index (κ2) is 8.34. The van der Waals surface area contributed by atoms with E-state index in [2.05, 4.69) is 0 Å². The number of unbranched alkanes of at least 4 members (excludes halogenated alkanes) is 1. The first-order valence-corrected chi connectivity index (χ1v) is 6.42. The molecule has 0 spiro atoms. The smallest absolute Gasteiger partial charge is 0.331 e. The van der Waals surface area contributed by atoms with Crippen LogP contribution in [0.15, 0.2) is 0 Å². The van der Waals surface area contributed by atoms with E-state index in [0.29, 0.717) is 32.2 Å². The predicted octanol–water partition coefficient (Wildman–Crippen LogP) is 2.69. The Bertz CT molecular complexity index is 240. The summed E-state index contributed by atoms with van der Waals surface area (Å²) in [5.41, 5.74) is 5.30. The van der Waals surface area contributed by atoms with Crippen LogP contribution in [0.5, 0.6) is 0 Å². The molecule has 0 heterocycles. The number of carbonyl (C=O) groups excluding carboxylic acids is 1. The summed E-state index contributed by atoms with van der Waals surface area (Å²) in [7, 11) is 0. The van der Waals surface area contributed by atoms with Crippen molar-refractivity contribution in [3.63, 3.8) is 0 Å². The zero-order chi connectivity index (χ0) is 14.2. The number of rotatable bonds is 8. The Balaban J connectivity index is 4.58. The van der Waals surface area contributed by atoms with E-state index in [4.69, 9.17) is 5.73 Å². The van der Waals surface area contributed by atoms with Gasteiger partial charge in [-0.25, -0.2) is 0 Å². The average Bonchev–Trinajstić information content (AvgIpc) is 2.28. The standard InChI is InChI=1S/C12H23F3N2O/c1-3-10(4-2)17(9-12(13,14)15)11(18)7-5-6-8-16/h10H,3-9,16H2,1-2H3. The van der Waals surface area contributed by atoms with Gasteiger partial charge in [-0.2, -0.15) is 13.2 Å². The number of amides is 1. The van der Waals surface area contributed by atoms with E-state index in [1.807, 2.05) is 0 Å². The van der Waals surface area contributed by atoms with Gasteiger partial charge in [0.2, 0.25) is 5.91 Å². The molecule has 0 aliphatic heterocycles. The van der Waals surface area contributed by atoms with Crippen LogP contribution >= 0.6 is 0 Å². The maximum Gasteiger partial charge on any atom is 0.406 e. The van der Waals surface area contributed by atoms with Gasteiger partial charge in [-0.05, 0) is 32.2 Å². The van der Waals surface area contributed by atoms with Crippen LogP contribution in [-0.4, -0.2) is 36.1 Å². The van der Waals surface area contributed by atoms with E-state index >= 15 is 0 Å². The van der Waals surface area contributed by atoms with E-state index in [1.165, 1.54) is 0 Å². The molecule has 0 atom stereocenters. The number of halogens is 3. The molecule has 0 aliphatic carbocycles. The number of nitrogens with zero attached hydrogens (tertiary/aromatic N) is 1. The van der Waals surface area contributed by atoms with E-state index < -0.39 is 18.6 Å². The molecular weight excluding hydrogens is 245 g/mol. The fourth-order valence-corrected chi connectivity index (χ4v) is 1.91. The summed E-state index contributed by atoms with van der Waals surface area (Å²) in [6.07, 6.45) is -1.92. The molecule has 3 nitrogen and oxygen atoms in total. The number of hydrogen-bond acceptors (Lipinski definition) is 2. The van der Waals surface area contributed by atoms with Crippen LogP contribution in [0.1, 0.15) is 46.0 Å². The highest BCUT2D eigenvalue weighted by Gasteiger charge is 2.35. The third kappa shape index (κ3) is 6.83. The van der Waals surface area contributed by atoms with Gasteiger partial charge in [-0.1, -0.05) is 13.8 Å². The Hall–Kier alpha value is -0.780. The first-order valence-electron chi connectivity index (χ1n) is 6.42. The summed E-state index contributed by atoms with van der Waals surface area (Å²) in [5.74, 6) is -0.422. The quantitative estimate of drug-likeness (QED) is 0.688. The summed E-state index contributed by atoms with van der Waals surface area (Å²) in [6.45, 7) is 2.90. The molecule has 0 saturated carbocycles. The van der Waals surface area contributed by atoms with Crippen molar-refractivity contribution in [1.82, 2.24) is 4.90 Å². The van der Waals surface area contributed by atoms with Crippen molar-refractivity contribution in [1.29, 1.82) is 0 Å². The Morgan fingerprint density at radius 2 is 1.78 bits per heavy atom. The van der Waals surface area contributed by atoms with Crippen LogP contribution in [0, 0.1) is 0 Å². The number of nitrogens with two attached hydrogens (primary N) is 1. The van der Waals surface area contributed by atoms with Gasteiger partial charge >= 0.3 is 6.18 Å². The number of carbonyl (C=O) groups is 1. The van der Waals surface area contributed by atoms with Crippen molar-refractivity contribution >= 4 is 5.91 Å². The molecule has 0 saturated heterocycles. The summed E-state index contributed by atoms with van der Waals surface area (Å²) < 4.78 is 37.4. The van der Waals surface area contributed by atoms with Crippen LogP contribution in [0.2, 0.25) is 0 Å². The van der Waals surface area contributed by atoms with Gasteiger partial charge in [0.05, 0.1) is 0 Å². The summed E-state index contributed by atoms with van der Waals surface area (Å²) in [6, 6.07) is -0.336. The van der Waals surface area contributed by atoms with Crippen LogP contribution < -0.4 is 5.73 Å². The van der Waals surface area contributed by atoms with Gasteiger partial charge in [-0.15, -0.1) is 0 Å². The molecule has 0 unspecified atom stereocenters. The van der Waals surface area contributed by atoms with Crippen LogP contribution in [0.4, 0.5) is 13.2 Å². The Morgan fingerprint density at radius 1 is 1.22 bits per heavy atom. The minimum Gasteiger partial charge on any atom is -0.331 e. The summed E-state index contributed by atoms with van der Waals surface area (Å²) >= 11 is 0. The SMILES string of the molecule is CCC(CC)N(CC(F)(F)F)C(=O)CCCCN. The minimum atomic E-state index is -4.34. The zero-order valence-corrected chi connectivity index (χ0v) is 11.1. The van der Waals surface area contributed by atoms with Crippen molar-refractivity contribution < 1.29 is 18.0 Å². The van der Waals surface area contributed by atoms with E-state index in [-0.39, 0.29) is 12.5 Å². The molecule has 1 amide bonds. The van der Waals surface area contributed by atoms with Gasteiger partial charge in [-0.3, -0.25) is 4.79 Å². The highest BCUT2D eigenvalue weighted by atomic mass is 19.4. The number of hydrogen-bond donors (Lipinski definition) is 1. The fourth-order valence-electron chi connectivity index (χ4n) is 1.91. The van der Waals surface area contributed by atoms with Crippen molar-refractivity contribution in [2.75, 3.05) is 13.1 Å². The lowest BCUT2D eigenvalue weighted by molar-refractivity contribution is -0.166. The normalized spacial score (nSPS) is 11.9. The zero-order valence-electron chi connectivity index (χ0n) is 11.1. The maximum absolute atomic E-state index is 12.5. The second-order valence-corrected chi connectivity index (χ2v) is 4.35. The molecule has 6 heteroatoms. The number of alkyl halides is 3. The minimum absolute atomic E-state index is 0.143. The Labute approximate surface area is 107 Å². The molecule has 0 rings (SSSR count). The Morgan fingerprint density at radius 3 is 2.17 bits per heavy atom. The van der Waals surface area contributed by atoms with Crippen molar-refractivity contribution in [3.05, 3.63) is 0 Å². The predicted molar refractivity (Wildman–Crippen MR) is 65.0 cm³/mol. The van der Waals surface area contributed by atoms with Crippen molar-refractivity contribution in [3.8, 4) is 0 Å². The van der Waals surface area contributed by atoms with Gasteiger partial charge in [0, 0.05) is 12.5 Å². The van der Waals surface area contributed by atoms with Gasteiger partial charge < -0.3 is 10.6 Å². The maximum atomic E-state index is 12.5. The molecule has 0 radical (unpaired) electrons. The average molecular weight is 268 g/mol. The van der Waals surface area contributed by atoms with E-state index in [0.717, 1.165) is 4.90 Å². The summed E-state index contributed by atoms with van der Waals surface area (Å²) in [4.78, 5) is 12.8. The van der Waals surface area contributed by atoms with Crippen LogP contribution in [0.3, 0.4) is 0 Å². The fraction of sp³-hybridized carbons (Fsp3) is 0.917. The second-order valence-electron chi connectivity index (χ2n) is 4.35. The molecule has 0 aromatic rings. The van der Waals surface area contributed by atoms with Gasteiger partial charge in [0.1, 0.15) is 6.54 Å². The summed E-state index contributed by atoms with van der Waals surface area (Å²) in [5, 5.41) is 0. The molecular formula is C12H23F3N2O. The van der Waals surface area contributed by atoms with E-state index in [1.54, 1.807) is 13.8 Å². The third-order valence-corrected chi connectivity index (χ3v) is 2.90. The molecule has 2 N–H and O–H groups in total. The lowest BCUT2D eigenvalue weighted by Gasteiger charge is -2.31. The molecule has 0 aliphatic rings. The van der Waals surface area contributed by atoms with Crippen LogP contribution in [-0.2, 0) is 4.79 Å². The van der Waals surface area contributed by atoms with E-state index in [9.17, 15) is 18.0 Å². The van der Waals surface area contributed by atoms with Gasteiger partial charge in [0.15, 0.2) is 0 Å². The molecule has 0 fully saturated rings. The monoisotopic (exact) mass is 268 g/mol. The lowest BCUT2D eigenvalue weighted by Crippen LogP contribution is -2.45. The molecule has 0 bridgehead atoms. The highest BCUT2D eigenvalue weighted by Crippen LogP contribution is 2.21. The molecule has 0 aromatic heterocycles. The van der Waals surface area contributed by atoms with Crippen molar-refractivity contribution in [2.45, 2.75) is 58.2 Å². The Kier molecular flexibility index (Phi) is 7.98. The third-order valence-electron chi connectivity index (χ3n) is 2.90. The van der Waals surface area contributed by atoms with Gasteiger partial charge in [0.25, 0.3) is 0 Å². The van der Waals surface area contributed by atoms with Crippen LogP contribution in [0.25, 0.3) is 0 Å². The first kappa shape index (κ1) is 17.2. The lowest BCUT2D eigenvalue weighted by atomic mass is 10.1. The molecule has 0 aromatic carbocycles. The largest absolute Gasteiger partial charge is 0.406 e. The molecule has 108 valence electrons. The molecule has 18 heavy (non-hydrogen) atoms. The topological polar surface area (TPSA) is 46.3 Å². The first-order chi connectivity index (χ1) is 8.35. The highest BCUT2D eigenvalue weighted by molar-refractivity contribution is 5.76.